The van der Waals surface area contributed by atoms with Crippen molar-refractivity contribution in [2.75, 3.05) is 71.2 Å². The van der Waals surface area contributed by atoms with Gasteiger partial charge in [0.15, 0.2) is 23.3 Å². The number of pyridine rings is 9. The number of benzene rings is 3. The average Bonchev–Trinajstić information content (AvgIpc) is 0.725. The molecule has 732 valence electrons. The van der Waals surface area contributed by atoms with Gasteiger partial charge in [0.25, 0.3) is 16.7 Å². The number of hydrogen-bond donors (Lipinski definition) is 3. The minimum Gasteiger partial charge on any atom is -0.396 e. The van der Waals surface area contributed by atoms with Gasteiger partial charge in [0.05, 0.1) is 131 Å². The highest BCUT2D eigenvalue weighted by molar-refractivity contribution is 6.47. The van der Waals surface area contributed by atoms with Crippen LogP contribution in [0.1, 0.15) is 151 Å². The number of aryl methyl sites for hydroxylation is 3. The molecule has 0 saturated carbocycles. The number of rotatable bonds is 15. The summed E-state index contributed by atoms with van der Waals surface area (Å²) in [7, 11) is 0. The Kier molecular flexibility index (Phi) is 31.6. The molecule has 3 aliphatic rings. The summed E-state index contributed by atoms with van der Waals surface area (Å²) in [5.74, 6) is -5.47. The van der Waals surface area contributed by atoms with Crippen LogP contribution in [-0.4, -0.2) is 152 Å². The Morgan fingerprint density at radius 1 is 0.383 bits per heavy atom. The molecule has 0 unspecified atom stereocenters. The van der Waals surface area contributed by atoms with E-state index < -0.39 is 81.3 Å². The van der Waals surface area contributed by atoms with Crippen LogP contribution in [0.4, 0.5) is 51.7 Å². The van der Waals surface area contributed by atoms with Gasteiger partial charge < -0.3 is 46.6 Å². The summed E-state index contributed by atoms with van der Waals surface area (Å²) in [5.41, 5.74) is 18.8. The Labute approximate surface area is 863 Å². The second kappa shape index (κ2) is 41.9. The van der Waals surface area contributed by atoms with Crippen molar-refractivity contribution in [3.05, 3.63) is 253 Å². The lowest BCUT2D eigenvalue weighted by Crippen LogP contribution is -2.58. The molecular formula is C99H90Cl11F4N21O6. The summed E-state index contributed by atoms with van der Waals surface area (Å²) in [6.07, 6.45) is 8.65. The van der Waals surface area contributed by atoms with Gasteiger partial charge in [-0.2, -0.15) is 15.8 Å². The number of piperazine rings is 3. The van der Waals surface area contributed by atoms with Crippen molar-refractivity contribution < 1.29 is 31.9 Å². The summed E-state index contributed by atoms with van der Waals surface area (Å²) in [6, 6.07) is 14.2. The smallest absolute Gasteiger partial charge is 0.276 e. The van der Waals surface area contributed by atoms with Gasteiger partial charge in [-0.3, -0.25) is 57.4 Å². The van der Waals surface area contributed by atoms with Gasteiger partial charge in [0, 0.05) is 121 Å². The number of nitrogens with zero attached hydrogens (tertiary/aromatic N) is 18. The fourth-order valence-corrected chi connectivity index (χ4v) is 21.8. The predicted molar refractivity (Wildman–Crippen MR) is 555 cm³/mol. The Bertz CT molecular complexity index is 6860. The van der Waals surface area contributed by atoms with Crippen molar-refractivity contribution in [3.63, 3.8) is 0 Å². The minimum atomic E-state index is -1.17. The van der Waals surface area contributed by atoms with Gasteiger partial charge in [0.2, 0.25) is 17.7 Å². The van der Waals surface area contributed by atoms with Gasteiger partial charge >= 0.3 is 0 Å². The van der Waals surface area contributed by atoms with Crippen LogP contribution in [0.3, 0.4) is 0 Å². The first-order chi connectivity index (χ1) is 66.5. The molecule has 6 atom stereocenters. The minimum absolute atomic E-state index is 0.00804. The molecule has 3 aliphatic heterocycles. The van der Waals surface area contributed by atoms with Crippen molar-refractivity contribution >= 4 is 213 Å². The highest BCUT2D eigenvalue weighted by Crippen LogP contribution is 2.52. The SMILES string of the molecule is C=CC(=O)N1[C@H](C)CN(c2c(C#N)c(=O)n(-c3c(C)ccnc3C(C)C)c3nc(-c4c(Cl)c(N)c(Cl)c(F)c4Cl)c(Cl)cc23)C[C@@H]1C.C=CC(=O)N1[C@H](C)CN(c2c(C#N)c(=O)n(-c3c(C)ccnc3C(C)C)c3nc(-c4c(Cl)c(N)c(Cl)c(F)c4Cl)c(Cl)cc23)C[C@@H]1C.C=CC(=O)N1[C@H](C)CN(c2c(C#N)c(=O)n(-c3c(C)ccnc3C(C)C)c3nc(-c4c(F)c(N)c(Cl)c(F)c4Cl)c(Cl)cc23)C[C@@H]1C. The third kappa shape index (κ3) is 18.7. The molecule has 0 radical (unpaired) electrons. The fourth-order valence-electron chi connectivity index (χ4n) is 18.8. The van der Waals surface area contributed by atoms with Crippen LogP contribution in [0.2, 0.25) is 55.2 Å². The molecule has 42 heteroatoms. The molecule has 27 nitrogen and oxygen atoms in total. The number of fused-ring (bicyclic) bond motifs is 3. The number of nitrogen functional groups attached to an aromatic ring is 3. The summed E-state index contributed by atoms with van der Waals surface area (Å²) in [5, 5.41) is 28.8. The van der Waals surface area contributed by atoms with Crippen LogP contribution in [0.25, 0.3) is 83.9 Å². The third-order valence-electron chi connectivity index (χ3n) is 24.9. The number of nitriles is 3. The number of carbonyl (C=O) groups is 3. The normalized spacial score (nSPS) is 16.6. The van der Waals surface area contributed by atoms with E-state index in [1.807, 2.05) is 112 Å². The molecule has 3 saturated heterocycles. The number of anilines is 6. The Morgan fingerprint density at radius 2 is 0.617 bits per heavy atom. The fraction of sp³-hybridized carbons (Fsp3) is 0.303. The van der Waals surface area contributed by atoms with Crippen molar-refractivity contribution in [1.29, 1.82) is 15.8 Å². The first-order valence-electron chi connectivity index (χ1n) is 43.9. The molecule has 0 aliphatic carbocycles. The summed E-state index contributed by atoms with van der Waals surface area (Å²) >= 11 is 70.8. The van der Waals surface area contributed by atoms with Crippen LogP contribution in [0.15, 0.2) is 107 Å². The Hall–Kier alpha value is -12.0. The maximum atomic E-state index is 15.7. The van der Waals surface area contributed by atoms with E-state index in [1.54, 1.807) is 58.4 Å². The van der Waals surface area contributed by atoms with Crippen LogP contribution in [-0.2, 0) is 14.4 Å². The van der Waals surface area contributed by atoms with Crippen molar-refractivity contribution in [1.82, 2.24) is 58.3 Å². The molecule has 9 aromatic heterocycles. The highest BCUT2D eigenvalue weighted by atomic mass is 35.5. The largest absolute Gasteiger partial charge is 0.396 e. The maximum absolute atomic E-state index is 15.7. The molecule has 0 spiro atoms. The molecular weight excluding hydrogens is 2050 g/mol. The number of hydrogen-bond acceptors (Lipinski definition) is 21. The monoisotopic (exact) mass is 2130 g/mol. The van der Waals surface area contributed by atoms with Gasteiger partial charge in [-0.25, -0.2) is 32.5 Å². The van der Waals surface area contributed by atoms with E-state index >= 15 is 17.6 Å². The lowest BCUT2D eigenvalue weighted by molar-refractivity contribution is -0.131. The second-order valence-electron chi connectivity index (χ2n) is 35.3. The molecule has 12 aromatic rings. The topological polar surface area (TPSA) is 363 Å². The number of aromatic nitrogens is 9. The van der Waals surface area contributed by atoms with E-state index in [2.05, 4.69) is 57.9 Å². The van der Waals surface area contributed by atoms with Crippen molar-refractivity contribution in [2.45, 2.75) is 158 Å². The first kappa shape index (κ1) is 106. The van der Waals surface area contributed by atoms with Crippen LogP contribution in [0.5, 0.6) is 0 Å². The number of amides is 3. The molecule has 141 heavy (non-hydrogen) atoms. The van der Waals surface area contributed by atoms with Gasteiger partial charge in [-0.15, -0.1) is 0 Å². The van der Waals surface area contributed by atoms with E-state index in [1.165, 1.54) is 50.1 Å². The van der Waals surface area contributed by atoms with Gasteiger partial charge in [-0.1, -0.05) is 189 Å². The zero-order valence-electron chi connectivity index (χ0n) is 78.4. The predicted octanol–water partition coefficient (Wildman–Crippen LogP) is 22.6. The van der Waals surface area contributed by atoms with Crippen molar-refractivity contribution in [2.24, 2.45) is 0 Å². The van der Waals surface area contributed by atoms with E-state index in [0.717, 1.165) is 0 Å². The highest BCUT2D eigenvalue weighted by Gasteiger charge is 2.42. The molecule has 3 fully saturated rings. The quantitative estimate of drug-likeness (QED) is 0.0282. The van der Waals surface area contributed by atoms with E-state index in [0.29, 0.717) is 73.0 Å². The van der Waals surface area contributed by atoms with Crippen LogP contribution < -0.4 is 48.6 Å². The zero-order chi connectivity index (χ0) is 104. The van der Waals surface area contributed by atoms with E-state index in [-0.39, 0.29) is 220 Å². The molecule has 15 rings (SSSR count). The summed E-state index contributed by atoms with van der Waals surface area (Å²) in [6.45, 7) is 40.6. The Morgan fingerprint density at radius 3 is 0.851 bits per heavy atom. The zero-order valence-corrected chi connectivity index (χ0v) is 86.7. The lowest BCUT2D eigenvalue weighted by atomic mass is 10.0. The average molecular weight is 2140 g/mol. The number of nitrogens with two attached hydrogens (primary N) is 3. The van der Waals surface area contributed by atoms with E-state index in [4.69, 9.17) is 155 Å². The number of halogens is 15. The van der Waals surface area contributed by atoms with Crippen LogP contribution in [0, 0.1) is 78.0 Å². The maximum Gasteiger partial charge on any atom is 0.276 e. The molecule has 3 aromatic carbocycles. The number of carbonyl (C=O) groups excluding carboxylic acids is 3. The first-order valence-corrected chi connectivity index (χ1v) is 48.0. The summed E-state index contributed by atoms with van der Waals surface area (Å²) < 4.78 is 64.9. The molecule has 0 bridgehead atoms. The third-order valence-corrected chi connectivity index (χ3v) is 28.8. The van der Waals surface area contributed by atoms with E-state index in [9.17, 15) is 44.6 Å². The lowest BCUT2D eigenvalue weighted by Gasteiger charge is -2.45. The molecule has 12 heterocycles. The standard InChI is InChI=1S/2C33H30Cl4FN7O2.C33H30Cl3F2N7O2/c2*1-7-21(46)44-16(5)12-43(13-17(44)6)31-18-10-20(34)29(22-23(35)26(38)25(37)27(40)24(22)36)42-32(18)45(33(47)19(31)11-39)30-15(4)8-9-41-28(30)14(2)3;1-7-21(46)44-16(5)12-43(13-17(44)6)31-18-10-20(34)29(22-23(35)26(38)24(36)27(40)25(22)37)42-32(18)45(33(47)19(31)11-39)30-15(4)8-9-41-28(30)14(2)3/h3*7-10,14,16-17H,1,12-13,40H2,2-6H3/t3*16-,17+. The Balaban J connectivity index is 0.000000178. The van der Waals surface area contributed by atoms with Crippen LogP contribution >= 0.6 is 128 Å². The van der Waals surface area contributed by atoms with Gasteiger partial charge in [0.1, 0.15) is 66.9 Å². The molecule has 6 N–H and O–H groups in total. The molecule has 3 amide bonds. The van der Waals surface area contributed by atoms with Gasteiger partial charge in [-0.05, 0) is 151 Å². The second-order valence-corrected chi connectivity index (χ2v) is 39.6. The van der Waals surface area contributed by atoms with Crippen molar-refractivity contribution in [3.8, 4) is 69.0 Å². The summed E-state index contributed by atoms with van der Waals surface area (Å²) in [4.78, 5) is 120.